The highest BCUT2D eigenvalue weighted by Gasteiger charge is 2.23. The van der Waals surface area contributed by atoms with Crippen molar-refractivity contribution in [3.05, 3.63) is 35.9 Å². The van der Waals surface area contributed by atoms with Gasteiger partial charge < -0.3 is 20.3 Å². The largest absolute Gasteiger partial charge is 0.497 e. The van der Waals surface area contributed by atoms with Crippen molar-refractivity contribution < 1.29 is 9.53 Å². The van der Waals surface area contributed by atoms with E-state index in [1.54, 1.807) is 14.2 Å². The zero-order valence-corrected chi connectivity index (χ0v) is 17.7. The van der Waals surface area contributed by atoms with Crippen LogP contribution in [-0.4, -0.2) is 56.6 Å². The van der Waals surface area contributed by atoms with E-state index in [1.165, 1.54) is 11.1 Å². The summed E-state index contributed by atoms with van der Waals surface area (Å²) in [4.78, 5) is 18.3. The summed E-state index contributed by atoms with van der Waals surface area (Å²) >= 11 is 0. The van der Waals surface area contributed by atoms with Crippen LogP contribution in [-0.2, 0) is 4.79 Å². The van der Waals surface area contributed by atoms with Gasteiger partial charge in [0.25, 0.3) is 0 Å². The quantitative estimate of drug-likeness (QED) is 0.394. The normalized spacial score (nSPS) is 17.1. The Morgan fingerprint density at radius 3 is 2.81 bits per heavy atom. The first kappa shape index (κ1) is 20.5. The highest BCUT2D eigenvalue weighted by molar-refractivity contribution is 14.0. The number of rotatable bonds is 5. The molecule has 0 unspecified atom stereocenters. The molecule has 1 aromatic rings. The monoisotopic (exact) mass is 470 g/mol. The second-order valence-electron chi connectivity index (χ2n) is 6.40. The van der Waals surface area contributed by atoms with Gasteiger partial charge in [0.2, 0.25) is 5.91 Å². The summed E-state index contributed by atoms with van der Waals surface area (Å²) in [7, 11) is 3.44. The second-order valence-corrected chi connectivity index (χ2v) is 6.40. The summed E-state index contributed by atoms with van der Waals surface area (Å²) in [5.41, 5.74) is 2.52. The number of carbonyl (C=O) groups is 1. The molecule has 1 heterocycles. The van der Waals surface area contributed by atoms with Crippen LogP contribution in [0.4, 0.5) is 0 Å². The van der Waals surface area contributed by atoms with Crippen molar-refractivity contribution in [1.82, 2.24) is 15.5 Å². The van der Waals surface area contributed by atoms with E-state index in [9.17, 15) is 4.79 Å². The van der Waals surface area contributed by atoms with E-state index in [-0.39, 0.29) is 36.4 Å². The number of carbonyl (C=O) groups excluding carboxylic acids is 1. The van der Waals surface area contributed by atoms with E-state index in [0.717, 1.165) is 44.1 Å². The molecule has 0 atom stereocenters. The zero-order chi connectivity index (χ0) is 17.6. The van der Waals surface area contributed by atoms with Gasteiger partial charge >= 0.3 is 0 Å². The van der Waals surface area contributed by atoms with Crippen molar-refractivity contribution in [2.45, 2.75) is 25.3 Å². The van der Waals surface area contributed by atoms with Gasteiger partial charge in [-0.1, -0.05) is 18.2 Å². The number of methoxy groups -OCH3 is 1. The number of hydrogen-bond donors (Lipinski definition) is 2. The number of nitrogens with one attached hydrogen (secondary N) is 2. The van der Waals surface area contributed by atoms with Crippen LogP contribution in [0, 0.1) is 0 Å². The number of amides is 1. The van der Waals surface area contributed by atoms with Crippen molar-refractivity contribution >= 4 is 41.4 Å². The molecular formula is C19H27IN4O2. The predicted octanol–water partition coefficient (Wildman–Crippen LogP) is 2.26. The van der Waals surface area contributed by atoms with E-state index < -0.39 is 0 Å². The number of benzene rings is 1. The van der Waals surface area contributed by atoms with Gasteiger partial charge in [0, 0.05) is 26.2 Å². The molecule has 7 heteroatoms. The summed E-state index contributed by atoms with van der Waals surface area (Å²) < 4.78 is 5.30. The Morgan fingerprint density at radius 1 is 1.38 bits per heavy atom. The van der Waals surface area contributed by atoms with E-state index in [1.807, 2.05) is 12.1 Å². The molecule has 142 valence electrons. The lowest BCUT2D eigenvalue weighted by Gasteiger charge is -2.29. The van der Waals surface area contributed by atoms with Crippen LogP contribution in [0.2, 0.25) is 0 Å². The second kappa shape index (κ2) is 9.80. The fourth-order valence-electron chi connectivity index (χ4n) is 2.94. The van der Waals surface area contributed by atoms with Crippen molar-refractivity contribution in [3.63, 3.8) is 0 Å². The first-order chi connectivity index (χ1) is 12.2. The van der Waals surface area contributed by atoms with Gasteiger partial charge in [-0.15, -0.1) is 24.0 Å². The third-order valence-corrected chi connectivity index (χ3v) is 4.51. The Bertz CT molecular complexity index is 686. The summed E-state index contributed by atoms with van der Waals surface area (Å²) in [6.07, 6.45) is 5.35. The van der Waals surface area contributed by atoms with Crippen molar-refractivity contribution in [1.29, 1.82) is 0 Å². The van der Waals surface area contributed by atoms with Gasteiger partial charge in [-0.25, -0.2) is 0 Å². The molecule has 2 N–H and O–H groups in total. The fourth-order valence-corrected chi connectivity index (χ4v) is 2.94. The zero-order valence-electron chi connectivity index (χ0n) is 15.3. The van der Waals surface area contributed by atoms with Crippen LogP contribution in [0.3, 0.4) is 0 Å². The minimum atomic E-state index is 0. The minimum Gasteiger partial charge on any atom is -0.497 e. The molecule has 0 spiro atoms. The maximum atomic E-state index is 11.8. The first-order valence-electron chi connectivity index (χ1n) is 8.78. The van der Waals surface area contributed by atoms with E-state index in [4.69, 9.17) is 4.74 Å². The number of halogens is 1. The molecule has 1 aliphatic carbocycles. The predicted molar refractivity (Wildman–Crippen MR) is 115 cm³/mol. The lowest BCUT2D eigenvalue weighted by Crippen LogP contribution is -2.47. The molecule has 0 aromatic heterocycles. The highest BCUT2D eigenvalue weighted by Crippen LogP contribution is 2.25. The molecule has 26 heavy (non-hydrogen) atoms. The molecule has 0 saturated heterocycles. The maximum Gasteiger partial charge on any atom is 0.239 e. The summed E-state index contributed by atoms with van der Waals surface area (Å²) in [6.45, 7) is 1.91. The Hall–Kier alpha value is -1.77. The molecule has 1 aromatic carbocycles. The smallest absolute Gasteiger partial charge is 0.239 e. The molecule has 1 fully saturated rings. The first-order valence-corrected chi connectivity index (χ1v) is 8.78. The summed E-state index contributed by atoms with van der Waals surface area (Å²) in [5, 5.41) is 6.14. The topological polar surface area (TPSA) is 66.0 Å². The van der Waals surface area contributed by atoms with Crippen LogP contribution in [0.1, 0.15) is 24.8 Å². The van der Waals surface area contributed by atoms with Gasteiger partial charge in [0.1, 0.15) is 5.75 Å². The van der Waals surface area contributed by atoms with Crippen molar-refractivity contribution in [2.24, 2.45) is 4.99 Å². The SMILES string of the molecule is CN=C(NCC(=O)NC1CC1)N1CC=C(c2cccc(OC)c2)CC1.I. The fraction of sp³-hybridized carbons (Fsp3) is 0.474. The van der Waals surface area contributed by atoms with Crippen LogP contribution < -0.4 is 15.4 Å². The Balaban J connectivity index is 0.00000243. The highest BCUT2D eigenvalue weighted by atomic mass is 127. The van der Waals surface area contributed by atoms with Gasteiger partial charge in [0.15, 0.2) is 5.96 Å². The number of nitrogens with zero attached hydrogens (tertiary/aromatic N) is 2. The van der Waals surface area contributed by atoms with Crippen LogP contribution in [0.15, 0.2) is 35.3 Å². The van der Waals surface area contributed by atoms with Gasteiger partial charge in [0.05, 0.1) is 13.7 Å². The number of guanidine groups is 1. The minimum absolute atomic E-state index is 0. The average Bonchev–Trinajstić information content (AvgIpc) is 3.46. The summed E-state index contributed by atoms with van der Waals surface area (Å²) in [5.74, 6) is 1.68. The number of hydrogen-bond acceptors (Lipinski definition) is 3. The molecule has 0 radical (unpaired) electrons. The lowest BCUT2D eigenvalue weighted by atomic mass is 9.99. The Kier molecular flexibility index (Phi) is 7.74. The Labute approximate surface area is 172 Å². The third-order valence-electron chi connectivity index (χ3n) is 4.51. The number of ether oxygens (including phenoxy) is 1. The van der Waals surface area contributed by atoms with E-state index >= 15 is 0 Å². The number of aliphatic imine (C=N–C) groups is 1. The standard InChI is InChI=1S/C19H26N4O2.HI/c1-20-19(21-13-18(24)22-16-6-7-16)23-10-8-14(9-11-23)15-4-3-5-17(12-15)25-2;/h3-5,8,12,16H,6-7,9-11,13H2,1-2H3,(H,20,21)(H,22,24);1H. The van der Waals surface area contributed by atoms with Gasteiger partial charge in [-0.3, -0.25) is 9.79 Å². The van der Waals surface area contributed by atoms with Crippen molar-refractivity contribution in [2.75, 3.05) is 33.8 Å². The molecule has 1 amide bonds. The van der Waals surface area contributed by atoms with Gasteiger partial charge in [-0.05, 0) is 42.5 Å². The lowest BCUT2D eigenvalue weighted by molar-refractivity contribution is -0.120. The van der Waals surface area contributed by atoms with Crippen molar-refractivity contribution in [3.8, 4) is 5.75 Å². The molecule has 1 saturated carbocycles. The van der Waals surface area contributed by atoms with Crippen LogP contribution >= 0.6 is 24.0 Å². The Morgan fingerprint density at radius 2 is 2.19 bits per heavy atom. The average molecular weight is 470 g/mol. The third kappa shape index (κ3) is 5.62. The molecule has 3 rings (SSSR count). The maximum absolute atomic E-state index is 11.8. The van der Waals surface area contributed by atoms with Gasteiger partial charge in [-0.2, -0.15) is 0 Å². The van der Waals surface area contributed by atoms with Crippen LogP contribution in [0.5, 0.6) is 5.75 Å². The molecule has 2 aliphatic rings. The van der Waals surface area contributed by atoms with Crippen LogP contribution in [0.25, 0.3) is 5.57 Å². The molecular weight excluding hydrogens is 443 g/mol. The molecule has 0 bridgehead atoms. The summed E-state index contributed by atoms with van der Waals surface area (Å²) in [6, 6.07) is 8.54. The van der Waals surface area contributed by atoms with E-state index in [2.05, 4.69) is 38.7 Å². The molecule has 6 nitrogen and oxygen atoms in total. The molecule has 1 aliphatic heterocycles. The van der Waals surface area contributed by atoms with E-state index in [0.29, 0.717) is 6.04 Å².